The summed E-state index contributed by atoms with van der Waals surface area (Å²) in [7, 11) is 0. The first-order valence-corrected chi connectivity index (χ1v) is 11.2. The van der Waals surface area contributed by atoms with Crippen LogP contribution in [0.1, 0.15) is 49.7 Å². The van der Waals surface area contributed by atoms with Crippen LogP contribution in [0.3, 0.4) is 0 Å². The molecule has 1 fully saturated rings. The lowest BCUT2D eigenvalue weighted by atomic mass is 9.94. The molecule has 1 N–H and O–H groups in total. The van der Waals surface area contributed by atoms with Crippen LogP contribution in [-0.2, 0) is 4.79 Å². The van der Waals surface area contributed by atoms with E-state index in [-0.39, 0.29) is 28.6 Å². The highest BCUT2D eigenvalue weighted by Gasteiger charge is 2.47. The highest BCUT2D eigenvalue weighted by molar-refractivity contribution is 8.00. The molecule has 3 rings (SSSR count). The first kappa shape index (κ1) is 21.7. The standard InChI is InChI=1S/C23H27ClN2O2S/c1-15(16-10-6-5-7-11-16)25-20(27)19-14-29-22(23(2,3)4)26(19)21(28)17-12-8-9-13-18(17)24/h5-13,15,19,22H,14H2,1-4H3,(H,25,27). The second-order valence-corrected chi connectivity index (χ2v) is 9.92. The van der Waals surface area contributed by atoms with E-state index in [2.05, 4.69) is 26.1 Å². The molecule has 3 unspecified atom stereocenters. The van der Waals surface area contributed by atoms with Crippen molar-refractivity contribution in [3.05, 3.63) is 70.7 Å². The maximum absolute atomic E-state index is 13.4. The lowest BCUT2D eigenvalue weighted by molar-refractivity contribution is -0.125. The topological polar surface area (TPSA) is 49.4 Å². The average molecular weight is 431 g/mol. The molecule has 2 amide bonds. The van der Waals surface area contributed by atoms with Gasteiger partial charge in [-0.1, -0.05) is 74.8 Å². The minimum atomic E-state index is -0.542. The first-order chi connectivity index (χ1) is 13.7. The second kappa shape index (κ2) is 8.80. The Kier molecular flexibility index (Phi) is 6.59. The third kappa shape index (κ3) is 4.78. The molecule has 4 nitrogen and oxygen atoms in total. The van der Waals surface area contributed by atoms with E-state index in [4.69, 9.17) is 11.6 Å². The van der Waals surface area contributed by atoms with E-state index in [1.165, 1.54) is 0 Å². The molecule has 0 spiro atoms. The normalized spacial score (nSPS) is 20.4. The molecule has 0 aliphatic carbocycles. The molecule has 0 bridgehead atoms. The zero-order valence-corrected chi connectivity index (χ0v) is 18.8. The maximum Gasteiger partial charge on any atom is 0.256 e. The van der Waals surface area contributed by atoms with Crippen LogP contribution in [0.4, 0.5) is 0 Å². The van der Waals surface area contributed by atoms with Crippen LogP contribution in [0, 0.1) is 5.41 Å². The Morgan fingerprint density at radius 1 is 1.10 bits per heavy atom. The number of thioether (sulfide) groups is 1. The highest BCUT2D eigenvalue weighted by atomic mass is 35.5. The lowest BCUT2D eigenvalue weighted by Gasteiger charge is -2.37. The van der Waals surface area contributed by atoms with E-state index in [0.717, 1.165) is 5.56 Å². The summed E-state index contributed by atoms with van der Waals surface area (Å²) in [6.45, 7) is 8.22. The van der Waals surface area contributed by atoms with Crippen LogP contribution in [0.5, 0.6) is 0 Å². The molecule has 2 aromatic rings. The number of rotatable bonds is 4. The van der Waals surface area contributed by atoms with Gasteiger partial charge < -0.3 is 10.2 Å². The quantitative estimate of drug-likeness (QED) is 0.729. The molecule has 0 saturated carbocycles. The van der Waals surface area contributed by atoms with Gasteiger partial charge in [0.05, 0.1) is 22.0 Å². The van der Waals surface area contributed by atoms with Crippen molar-refractivity contribution in [3.63, 3.8) is 0 Å². The fourth-order valence-corrected chi connectivity index (χ4v) is 5.33. The van der Waals surface area contributed by atoms with Crippen molar-refractivity contribution in [1.29, 1.82) is 0 Å². The Hall–Kier alpha value is -1.98. The summed E-state index contributed by atoms with van der Waals surface area (Å²) in [5.74, 6) is 0.222. The SMILES string of the molecule is CC(NC(=O)C1CSC(C(C)(C)C)N1C(=O)c1ccccc1Cl)c1ccccc1. The fourth-order valence-electron chi connectivity index (χ4n) is 3.53. The third-order valence-electron chi connectivity index (χ3n) is 5.04. The number of hydrogen-bond acceptors (Lipinski definition) is 3. The van der Waals surface area contributed by atoms with Crippen molar-refractivity contribution in [3.8, 4) is 0 Å². The molecule has 6 heteroatoms. The van der Waals surface area contributed by atoms with Gasteiger partial charge in [-0.15, -0.1) is 11.8 Å². The van der Waals surface area contributed by atoms with Gasteiger partial charge in [0.2, 0.25) is 5.91 Å². The van der Waals surface area contributed by atoms with Gasteiger partial charge in [-0.25, -0.2) is 0 Å². The molecule has 2 aromatic carbocycles. The predicted molar refractivity (Wildman–Crippen MR) is 120 cm³/mol. The van der Waals surface area contributed by atoms with Gasteiger partial charge in [0.15, 0.2) is 0 Å². The van der Waals surface area contributed by atoms with E-state index < -0.39 is 6.04 Å². The molecule has 0 radical (unpaired) electrons. The van der Waals surface area contributed by atoms with Crippen molar-refractivity contribution in [1.82, 2.24) is 10.2 Å². The number of amides is 2. The van der Waals surface area contributed by atoms with Crippen molar-refractivity contribution >= 4 is 35.2 Å². The maximum atomic E-state index is 13.4. The Labute approximate surface area is 182 Å². The summed E-state index contributed by atoms with van der Waals surface area (Å²) in [6.07, 6.45) is 0. The molecule has 0 aromatic heterocycles. The van der Waals surface area contributed by atoms with Crippen LogP contribution in [0.25, 0.3) is 0 Å². The van der Waals surface area contributed by atoms with Gasteiger partial charge in [0.25, 0.3) is 5.91 Å². The first-order valence-electron chi connectivity index (χ1n) is 9.74. The summed E-state index contributed by atoms with van der Waals surface area (Å²) in [5, 5.41) is 3.37. The number of nitrogens with one attached hydrogen (secondary N) is 1. The second-order valence-electron chi connectivity index (χ2n) is 8.40. The Bertz CT molecular complexity index is 882. The van der Waals surface area contributed by atoms with Gasteiger partial charge in [-0.05, 0) is 30.0 Å². The summed E-state index contributed by atoms with van der Waals surface area (Å²) < 4.78 is 0. The summed E-state index contributed by atoms with van der Waals surface area (Å²) in [4.78, 5) is 28.3. The molecular weight excluding hydrogens is 404 g/mol. The van der Waals surface area contributed by atoms with Gasteiger partial charge in [-0.2, -0.15) is 0 Å². The van der Waals surface area contributed by atoms with Crippen molar-refractivity contribution in [2.45, 2.75) is 45.2 Å². The third-order valence-corrected chi connectivity index (χ3v) is 7.13. The molecule has 3 atom stereocenters. The van der Waals surface area contributed by atoms with E-state index in [1.807, 2.05) is 37.3 Å². The average Bonchev–Trinajstić information content (AvgIpc) is 3.14. The molecule has 29 heavy (non-hydrogen) atoms. The van der Waals surface area contributed by atoms with Crippen LogP contribution in [0.15, 0.2) is 54.6 Å². The molecule has 1 heterocycles. The van der Waals surface area contributed by atoms with Crippen molar-refractivity contribution < 1.29 is 9.59 Å². The van der Waals surface area contributed by atoms with Gasteiger partial charge in [0.1, 0.15) is 6.04 Å². The van der Waals surface area contributed by atoms with E-state index >= 15 is 0 Å². The van der Waals surface area contributed by atoms with Crippen molar-refractivity contribution in [2.24, 2.45) is 5.41 Å². The number of carbonyl (C=O) groups excluding carboxylic acids is 2. The van der Waals surface area contributed by atoms with Crippen molar-refractivity contribution in [2.75, 3.05) is 5.75 Å². The Morgan fingerprint density at radius 3 is 2.34 bits per heavy atom. The molecule has 1 aliphatic heterocycles. The number of nitrogens with zero attached hydrogens (tertiary/aromatic N) is 1. The molecule has 154 valence electrons. The lowest BCUT2D eigenvalue weighted by Crippen LogP contribution is -2.52. The van der Waals surface area contributed by atoms with Crippen LogP contribution in [0.2, 0.25) is 5.02 Å². The zero-order valence-electron chi connectivity index (χ0n) is 17.2. The van der Waals surface area contributed by atoms with Gasteiger partial charge in [-0.3, -0.25) is 9.59 Å². The fraction of sp³-hybridized carbons (Fsp3) is 0.391. The monoisotopic (exact) mass is 430 g/mol. The Morgan fingerprint density at radius 2 is 1.72 bits per heavy atom. The molecule has 1 aliphatic rings. The minimum absolute atomic E-state index is 0.117. The van der Waals surface area contributed by atoms with Gasteiger partial charge >= 0.3 is 0 Å². The summed E-state index contributed by atoms with van der Waals surface area (Å²) in [5.41, 5.74) is 1.28. The largest absolute Gasteiger partial charge is 0.348 e. The number of halogens is 1. The summed E-state index contributed by atoms with van der Waals surface area (Å²) in [6, 6.07) is 16.1. The Balaban J connectivity index is 1.87. The van der Waals surface area contributed by atoms with E-state index in [9.17, 15) is 9.59 Å². The number of hydrogen-bond donors (Lipinski definition) is 1. The van der Waals surface area contributed by atoms with Gasteiger partial charge in [0, 0.05) is 5.75 Å². The number of benzene rings is 2. The zero-order chi connectivity index (χ0) is 21.2. The van der Waals surface area contributed by atoms with E-state index in [0.29, 0.717) is 16.3 Å². The molecule has 1 saturated heterocycles. The van der Waals surface area contributed by atoms with Crippen LogP contribution >= 0.6 is 23.4 Å². The van der Waals surface area contributed by atoms with Crippen LogP contribution < -0.4 is 5.32 Å². The smallest absolute Gasteiger partial charge is 0.256 e. The highest BCUT2D eigenvalue weighted by Crippen LogP contribution is 2.41. The number of carbonyl (C=O) groups is 2. The predicted octanol–water partition coefficient (Wildman–Crippen LogP) is 5.15. The van der Waals surface area contributed by atoms with E-state index in [1.54, 1.807) is 40.9 Å². The minimum Gasteiger partial charge on any atom is -0.348 e. The van der Waals surface area contributed by atoms with Crippen LogP contribution in [-0.4, -0.2) is 33.9 Å². The molecular formula is C23H27ClN2O2S. The summed E-state index contributed by atoms with van der Waals surface area (Å²) >= 11 is 7.94.